The van der Waals surface area contributed by atoms with Gasteiger partial charge in [0.15, 0.2) is 0 Å². The summed E-state index contributed by atoms with van der Waals surface area (Å²) < 4.78 is 5.74. The lowest BCUT2D eigenvalue weighted by atomic mass is 10.1. The fraction of sp³-hybridized carbons (Fsp3) is 0.167. The number of nitrogens with one attached hydrogen (secondary N) is 1. The number of aliphatic carboxylic acids is 1. The SMILES string of the molecule is NC(C(=O)O)c1cccc(OCCc2c[nH]c3ccccc23)c1. The summed E-state index contributed by atoms with van der Waals surface area (Å²) in [5.41, 5.74) is 8.45. The minimum Gasteiger partial charge on any atom is -0.493 e. The molecule has 0 radical (unpaired) electrons. The number of para-hydroxylation sites is 1. The fourth-order valence-electron chi connectivity index (χ4n) is 2.56. The first-order valence-corrected chi connectivity index (χ1v) is 7.41. The molecule has 0 amide bonds. The smallest absolute Gasteiger partial charge is 0.325 e. The van der Waals surface area contributed by atoms with Crippen LogP contribution in [0, 0.1) is 0 Å². The van der Waals surface area contributed by atoms with E-state index in [-0.39, 0.29) is 0 Å². The zero-order valence-electron chi connectivity index (χ0n) is 12.5. The molecule has 1 heterocycles. The van der Waals surface area contributed by atoms with Crippen LogP contribution in [-0.4, -0.2) is 22.7 Å². The van der Waals surface area contributed by atoms with Crippen molar-refractivity contribution >= 4 is 16.9 Å². The second-order valence-electron chi connectivity index (χ2n) is 5.35. The number of aromatic amines is 1. The van der Waals surface area contributed by atoms with Gasteiger partial charge in [-0.3, -0.25) is 4.79 Å². The second-order valence-corrected chi connectivity index (χ2v) is 5.35. The Bertz CT molecular complexity index is 826. The molecule has 0 aliphatic rings. The quantitative estimate of drug-likeness (QED) is 0.653. The van der Waals surface area contributed by atoms with Gasteiger partial charge in [-0.2, -0.15) is 0 Å². The van der Waals surface area contributed by atoms with E-state index in [9.17, 15) is 4.79 Å². The van der Waals surface area contributed by atoms with Crippen LogP contribution in [0.4, 0.5) is 0 Å². The maximum atomic E-state index is 10.9. The third-order valence-electron chi connectivity index (χ3n) is 3.80. The molecule has 1 unspecified atom stereocenters. The van der Waals surface area contributed by atoms with Crippen molar-refractivity contribution in [2.75, 3.05) is 6.61 Å². The molecule has 2 aromatic carbocycles. The van der Waals surface area contributed by atoms with Gasteiger partial charge in [0.1, 0.15) is 11.8 Å². The van der Waals surface area contributed by atoms with Gasteiger partial charge in [-0.25, -0.2) is 0 Å². The normalized spacial score (nSPS) is 12.2. The highest BCUT2D eigenvalue weighted by Crippen LogP contribution is 2.20. The number of ether oxygens (including phenoxy) is 1. The molecule has 3 rings (SSSR count). The number of nitrogens with two attached hydrogens (primary N) is 1. The summed E-state index contributed by atoms with van der Waals surface area (Å²) >= 11 is 0. The predicted molar refractivity (Wildman–Crippen MR) is 88.5 cm³/mol. The summed E-state index contributed by atoms with van der Waals surface area (Å²) in [6.45, 7) is 0.508. The summed E-state index contributed by atoms with van der Waals surface area (Å²) in [4.78, 5) is 14.2. The number of rotatable bonds is 6. The average molecular weight is 310 g/mol. The molecule has 0 spiro atoms. The second kappa shape index (κ2) is 6.54. The third-order valence-corrected chi connectivity index (χ3v) is 3.80. The Kier molecular flexibility index (Phi) is 4.30. The molecule has 0 aliphatic carbocycles. The fourth-order valence-corrected chi connectivity index (χ4v) is 2.56. The van der Waals surface area contributed by atoms with E-state index in [1.807, 2.05) is 24.4 Å². The van der Waals surface area contributed by atoms with E-state index in [1.54, 1.807) is 24.3 Å². The van der Waals surface area contributed by atoms with Crippen LogP contribution in [-0.2, 0) is 11.2 Å². The number of hydrogen-bond donors (Lipinski definition) is 3. The van der Waals surface area contributed by atoms with Gasteiger partial charge in [0.2, 0.25) is 0 Å². The molecule has 23 heavy (non-hydrogen) atoms. The molecule has 3 aromatic rings. The molecule has 0 bridgehead atoms. The maximum absolute atomic E-state index is 10.9. The number of aromatic nitrogens is 1. The van der Waals surface area contributed by atoms with Crippen LogP contribution in [0.3, 0.4) is 0 Å². The van der Waals surface area contributed by atoms with Crippen LogP contribution in [0.1, 0.15) is 17.2 Å². The number of hydrogen-bond acceptors (Lipinski definition) is 3. The van der Waals surface area contributed by atoms with Crippen molar-refractivity contribution < 1.29 is 14.6 Å². The number of carbonyl (C=O) groups is 1. The Morgan fingerprint density at radius 3 is 2.87 bits per heavy atom. The first-order valence-electron chi connectivity index (χ1n) is 7.41. The molecule has 0 saturated heterocycles. The van der Waals surface area contributed by atoms with Crippen LogP contribution in [0.25, 0.3) is 10.9 Å². The number of H-pyrrole nitrogens is 1. The number of carboxylic acid groups (broad SMARTS) is 1. The Morgan fingerprint density at radius 2 is 2.04 bits per heavy atom. The summed E-state index contributed by atoms with van der Waals surface area (Å²) in [6.07, 6.45) is 2.75. The molecule has 0 fully saturated rings. The Hall–Kier alpha value is -2.79. The molecular formula is C18H18N2O3. The van der Waals surface area contributed by atoms with Crippen molar-refractivity contribution in [3.8, 4) is 5.75 Å². The lowest BCUT2D eigenvalue weighted by molar-refractivity contribution is -0.138. The monoisotopic (exact) mass is 310 g/mol. The van der Waals surface area contributed by atoms with Gasteiger partial charge >= 0.3 is 5.97 Å². The van der Waals surface area contributed by atoms with Gasteiger partial charge in [0.25, 0.3) is 0 Å². The van der Waals surface area contributed by atoms with Gasteiger partial charge in [-0.15, -0.1) is 0 Å². The first kappa shape index (κ1) is 15.1. The molecule has 5 nitrogen and oxygen atoms in total. The van der Waals surface area contributed by atoms with Crippen LogP contribution >= 0.6 is 0 Å². The highest BCUT2D eigenvalue weighted by molar-refractivity contribution is 5.83. The highest BCUT2D eigenvalue weighted by atomic mass is 16.5. The number of fused-ring (bicyclic) bond motifs is 1. The largest absolute Gasteiger partial charge is 0.493 e. The lowest BCUT2D eigenvalue weighted by Gasteiger charge is -2.10. The Labute approximate surface area is 133 Å². The van der Waals surface area contributed by atoms with Gasteiger partial charge in [-0.05, 0) is 29.3 Å². The van der Waals surface area contributed by atoms with Gasteiger partial charge in [-0.1, -0.05) is 30.3 Å². The summed E-state index contributed by atoms with van der Waals surface area (Å²) in [6, 6.07) is 14.0. The molecule has 1 atom stereocenters. The van der Waals surface area contributed by atoms with Crippen LogP contribution in [0.2, 0.25) is 0 Å². The zero-order valence-corrected chi connectivity index (χ0v) is 12.5. The van der Waals surface area contributed by atoms with Crippen molar-refractivity contribution in [2.24, 2.45) is 5.73 Å². The van der Waals surface area contributed by atoms with Crippen LogP contribution in [0.5, 0.6) is 5.75 Å². The van der Waals surface area contributed by atoms with Gasteiger partial charge in [0, 0.05) is 23.5 Å². The minimum absolute atomic E-state index is 0.508. The summed E-state index contributed by atoms with van der Waals surface area (Å²) in [7, 11) is 0. The van der Waals surface area contributed by atoms with Crippen molar-refractivity contribution in [2.45, 2.75) is 12.5 Å². The van der Waals surface area contributed by atoms with E-state index >= 15 is 0 Å². The molecule has 1 aromatic heterocycles. The summed E-state index contributed by atoms with van der Waals surface area (Å²) in [5, 5.41) is 10.2. The predicted octanol–water partition coefficient (Wildman–Crippen LogP) is 2.87. The minimum atomic E-state index is -1.05. The average Bonchev–Trinajstić information content (AvgIpc) is 2.98. The van der Waals surface area contributed by atoms with E-state index in [2.05, 4.69) is 11.1 Å². The molecule has 0 saturated carbocycles. The standard InChI is InChI=1S/C18H18N2O3/c19-17(18(21)22)12-4-3-5-14(10-12)23-9-8-13-11-20-16-7-2-1-6-15(13)16/h1-7,10-11,17,20H,8-9,19H2,(H,21,22). The maximum Gasteiger partial charge on any atom is 0.325 e. The lowest BCUT2D eigenvalue weighted by Crippen LogP contribution is -2.20. The van der Waals surface area contributed by atoms with Crippen molar-refractivity contribution in [1.82, 2.24) is 4.98 Å². The van der Waals surface area contributed by atoms with Crippen molar-refractivity contribution in [3.05, 3.63) is 65.9 Å². The Balaban J connectivity index is 1.65. The summed E-state index contributed by atoms with van der Waals surface area (Å²) in [5.74, 6) is -0.431. The van der Waals surface area contributed by atoms with Crippen molar-refractivity contribution in [3.63, 3.8) is 0 Å². The third kappa shape index (κ3) is 3.35. The molecule has 118 valence electrons. The molecule has 4 N–H and O–H groups in total. The van der Waals surface area contributed by atoms with Gasteiger partial charge < -0.3 is 20.6 Å². The van der Waals surface area contributed by atoms with E-state index in [0.717, 1.165) is 11.9 Å². The van der Waals surface area contributed by atoms with Crippen molar-refractivity contribution in [1.29, 1.82) is 0 Å². The topological polar surface area (TPSA) is 88.3 Å². The van der Waals surface area contributed by atoms with E-state index in [0.29, 0.717) is 17.9 Å². The highest BCUT2D eigenvalue weighted by Gasteiger charge is 2.14. The number of carboxylic acids is 1. The van der Waals surface area contributed by atoms with E-state index in [1.165, 1.54) is 10.9 Å². The first-order chi connectivity index (χ1) is 11.1. The number of benzene rings is 2. The van der Waals surface area contributed by atoms with E-state index in [4.69, 9.17) is 15.6 Å². The van der Waals surface area contributed by atoms with Crippen LogP contribution in [0.15, 0.2) is 54.7 Å². The zero-order chi connectivity index (χ0) is 16.2. The molecule has 0 aliphatic heterocycles. The van der Waals surface area contributed by atoms with Gasteiger partial charge in [0.05, 0.1) is 6.61 Å². The van der Waals surface area contributed by atoms with Crippen LogP contribution < -0.4 is 10.5 Å². The molecular weight excluding hydrogens is 292 g/mol. The van der Waals surface area contributed by atoms with E-state index < -0.39 is 12.0 Å². The molecule has 5 heteroatoms. The Morgan fingerprint density at radius 1 is 1.22 bits per heavy atom.